The zero-order valence-corrected chi connectivity index (χ0v) is 8.75. The maximum absolute atomic E-state index is 5.45. The normalized spacial score (nSPS) is 11.4. The highest BCUT2D eigenvalue weighted by atomic mass is 32.2. The quantitative estimate of drug-likeness (QED) is 0.340. The molecule has 0 atom stereocenters. The minimum absolute atomic E-state index is 0.382. The summed E-state index contributed by atoms with van der Waals surface area (Å²) in [5.41, 5.74) is 6.57. The number of rotatable bonds is 3. The fourth-order valence-corrected chi connectivity index (χ4v) is 1.53. The van der Waals surface area contributed by atoms with Crippen LogP contribution in [0.5, 0.6) is 5.75 Å². The highest BCUT2D eigenvalue weighted by molar-refractivity contribution is 8.13. The molecule has 1 rings (SSSR count). The topological polar surface area (TPSA) is 73.6 Å². The first-order valence-electron chi connectivity index (χ1n) is 4.05. The van der Waals surface area contributed by atoms with E-state index >= 15 is 0 Å². The second-order valence-corrected chi connectivity index (χ2v) is 3.60. The van der Waals surface area contributed by atoms with Gasteiger partial charge in [-0.05, 0) is 17.7 Å². The fourth-order valence-electron chi connectivity index (χ4n) is 0.957. The Morgan fingerprint density at radius 3 is 3.00 bits per heavy atom. The Balaban J connectivity index is 2.58. The molecule has 4 nitrogen and oxygen atoms in total. The first kappa shape index (κ1) is 10.7. The van der Waals surface area contributed by atoms with Gasteiger partial charge in [0.25, 0.3) is 0 Å². The van der Waals surface area contributed by atoms with Crippen molar-refractivity contribution in [2.45, 2.75) is 5.75 Å². The predicted octanol–water partition coefficient (Wildman–Crippen LogP) is 1.12. The van der Waals surface area contributed by atoms with Crippen molar-refractivity contribution in [3.05, 3.63) is 29.8 Å². The average Bonchev–Trinajstić information content (AvgIpc) is 2.26. The first-order valence-corrected chi connectivity index (χ1v) is 5.04. The van der Waals surface area contributed by atoms with Crippen LogP contribution in [0.2, 0.25) is 0 Å². The van der Waals surface area contributed by atoms with Gasteiger partial charge >= 0.3 is 0 Å². The van der Waals surface area contributed by atoms with Gasteiger partial charge in [-0.25, -0.2) is 0 Å². The Morgan fingerprint density at radius 1 is 1.57 bits per heavy atom. The molecule has 1 aromatic carbocycles. The van der Waals surface area contributed by atoms with Gasteiger partial charge in [0.1, 0.15) is 5.75 Å². The van der Waals surface area contributed by atoms with Crippen LogP contribution in [0.1, 0.15) is 5.56 Å². The smallest absolute Gasteiger partial charge is 0.177 e. The molecule has 0 spiro atoms. The van der Waals surface area contributed by atoms with Crippen LogP contribution in [0, 0.1) is 0 Å². The van der Waals surface area contributed by atoms with Crippen LogP contribution in [0.3, 0.4) is 0 Å². The summed E-state index contributed by atoms with van der Waals surface area (Å²) >= 11 is 1.40. The Kier molecular flexibility index (Phi) is 4.12. The summed E-state index contributed by atoms with van der Waals surface area (Å²) in [6.45, 7) is 0. The van der Waals surface area contributed by atoms with E-state index in [-0.39, 0.29) is 0 Å². The van der Waals surface area contributed by atoms with Crippen molar-refractivity contribution in [2.24, 2.45) is 16.7 Å². The molecular weight excluding hydrogens is 198 g/mol. The second kappa shape index (κ2) is 5.39. The van der Waals surface area contributed by atoms with Gasteiger partial charge in [-0.2, -0.15) is 5.10 Å². The van der Waals surface area contributed by atoms with Crippen molar-refractivity contribution in [3.8, 4) is 5.75 Å². The van der Waals surface area contributed by atoms with Gasteiger partial charge < -0.3 is 16.3 Å². The Bertz CT molecular complexity index is 328. The van der Waals surface area contributed by atoms with Crippen LogP contribution in [-0.2, 0) is 5.75 Å². The van der Waals surface area contributed by atoms with Crippen LogP contribution in [0.25, 0.3) is 0 Å². The van der Waals surface area contributed by atoms with E-state index in [9.17, 15) is 0 Å². The number of hydrogen-bond donors (Lipinski definition) is 2. The van der Waals surface area contributed by atoms with Crippen LogP contribution >= 0.6 is 11.8 Å². The monoisotopic (exact) mass is 211 g/mol. The van der Waals surface area contributed by atoms with Gasteiger partial charge in [0, 0.05) is 5.75 Å². The molecule has 0 aliphatic heterocycles. The minimum Gasteiger partial charge on any atom is -0.497 e. The van der Waals surface area contributed by atoms with E-state index in [0.29, 0.717) is 5.17 Å². The molecule has 0 heterocycles. The number of thioether (sulfide) groups is 1. The van der Waals surface area contributed by atoms with E-state index in [1.54, 1.807) is 7.11 Å². The molecule has 0 unspecified atom stereocenters. The summed E-state index contributed by atoms with van der Waals surface area (Å²) in [6.07, 6.45) is 0. The van der Waals surface area contributed by atoms with Gasteiger partial charge in [-0.3, -0.25) is 0 Å². The Morgan fingerprint density at radius 2 is 2.36 bits per heavy atom. The molecule has 0 saturated heterocycles. The summed E-state index contributed by atoms with van der Waals surface area (Å²) in [6, 6.07) is 7.79. The zero-order valence-electron chi connectivity index (χ0n) is 7.93. The summed E-state index contributed by atoms with van der Waals surface area (Å²) < 4.78 is 5.09. The number of hydrogen-bond acceptors (Lipinski definition) is 4. The molecule has 0 aliphatic rings. The van der Waals surface area contributed by atoms with E-state index < -0.39 is 0 Å². The number of nitrogens with two attached hydrogens (primary N) is 2. The van der Waals surface area contributed by atoms with Gasteiger partial charge in [-0.1, -0.05) is 23.9 Å². The van der Waals surface area contributed by atoms with Crippen molar-refractivity contribution >= 4 is 16.9 Å². The molecule has 0 aliphatic carbocycles. The van der Waals surface area contributed by atoms with Gasteiger partial charge in [0.05, 0.1) is 7.11 Å². The molecule has 5 heteroatoms. The second-order valence-electron chi connectivity index (χ2n) is 2.61. The SMILES string of the molecule is COc1cccc(CSC(N)=NN)c1. The van der Waals surface area contributed by atoms with Crippen LogP contribution in [-0.4, -0.2) is 12.3 Å². The lowest BCUT2D eigenvalue weighted by Crippen LogP contribution is -2.09. The van der Waals surface area contributed by atoms with E-state index in [4.69, 9.17) is 16.3 Å². The molecule has 0 saturated carbocycles. The molecule has 0 bridgehead atoms. The van der Waals surface area contributed by atoms with Gasteiger partial charge in [0.15, 0.2) is 5.17 Å². The standard InChI is InChI=1S/C9H13N3OS/c1-13-8-4-2-3-7(5-8)6-14-9(10)12-11/h2-5H,6,11H2,1H3,(H2,10,12). The Hall–Kier alpha value is -1.36. The van der Waals surface area contributed by atoms with E-state index in [2.05, 4.69) is 5.10 Å². The van der Waals surface area contributed by atoms with E-state index in [0.717, 1.165) is 17.1 Å². The summed E-state index contributed by atoms with van der Waals surface area (Å²) in [5.74, 6) is 6.59. The number of ether oxygens (including phenoxy) is 1. The zero-order chi connectivity index (χ0) is 10.4. The van der Waals surface area contributed by atoms with Crippen molar-refractivity contribution < 1.29 is 4.74 Å². The van der Waals surface area contributed by atoms with Crippen molar-refractivity contribution in [2.75, 3.05) is 7.11 Å². The molecule has 4 N–H and O–H groups in total. The molecule has 0 fully saturated rings. The van der Waals surface area contributed by atoms with Crippen LogP contribution < -0.4 is 16.3 Å². The molecule has 1 aromatic rings. The maximum atomic E-state index is 5.45. The molecular formula is C9H13N3OS. The Labute approximate surface area is 87.3 Å². The summed E-state index contributed by atoms with van der Waals surface area (Å²) in [4.78, 5) is 0. The van der Waals surface area contributed by atoms with Crippen molar-refractivity contribution in [3.63, 3.8) is 0 Å². The third-order valence-electron chi connectivity index (χ3n) is 1.65. The summed E-state index contributed by atoms with van der Waals surface area (Å²) in [7, 11) is 1.64. The third-order valence-corrected chi connectivity index (χ3v) is 2.53. The lowest BCUT2D eigenvalue weighted by atomic mass is 10.2. The van der Waals surface area contributed by atoms with Crippen molar-refractivity contribution in [1.82, 2.24) is 0 Å². The molecule has 76 valence electrons. The van der Waals surface area contributed by atoms with Crippen LogP contribution in [0.15, 0.2) is 29.4 Å². The highest BCUT2D eigenvalue weighted by Gasteiger charge is 1.98. The number of hydrazone groups is 1. The molecule has 0 amide bonds. The number of amidine groups is 1. The molecule has 0 aromatic heterocycles. The number of benzene rings is 1. The summed E-state index contributed by atoms with van der Waals surface area (Å²) in [5, 5.41) is 3.75. The fraction of sp³-hybridized carbons (Fsp3) is 0.222. The minimum atomic E-state index is 0.382. The van der Waals surface area contributed by atoms with Crippen molar-refractivity contribution in [1.29, 1.82) is 0 Å². The van der Waals surface area contributed by atoms with E-state index in [1.165, 1.54) is 11.8 Å². The highest BCUT2D eigenvalue weighted by Crippen LogP contribution is 2.17. The molecule has 0 radical (unpaired) electrons. The first-order chi connectivity index (χ1) is 6.76. The molecule has 14 heavy (non-hydrogen) atoms. The largest absolute Gasteiger partial charge is 0.497 e. The van der Waals surface area contributed by atoms with Gasteiger partial charge in [0.2, 0.25) is 0 Å². The average molecular weight is 211 g/mol. The van der Waals surface area contributed by atoms with E-state index in [1.807, 2.05) is 24.3 Å². The lowest BCUT2D eigenvalue weighted by Gasteiger charge is -2.03. The number of methoxy groups -OCH3 is 1. The lowest BCUT2D eigenvalue weighted by molar-refractivity contribution is 0.414. The predicted molar refractivity (Wildman–Crippen MR) is 60.1 cm³/mol. The van der Waals surface area contributed by atoms with Crippen LogP contribution in [0.4, 0.5) is 0 Å². The maximum Gasteiger partial charge on any atom is 0.177 e. The number of nitrogens with zero attached hydrogens (tertiary/aromatic N) is 1. The third kappa shape index (κ3) is 3.18. The van der Waals surface area contributed by atoms with Gasteiger partial charge in [-0.15, -0.1) is 0 Å².